The molecule has 1 amide bonds. The number of carbonyl (C=O) groups is 1. The number of amides is 1. The highest BCUT2D eigenvalue weighted by atomic mass is 35.5. The fourth-order valence-electron chi connectivity index (χ4n) is 3.04. The molecule has 1 aliphatic rings. The van der Waals surface area contributed by atoms with E-state index in [1.54, 1.807) is 12.1 Å². The van der Waals surface area contributed by atoms with E-state index in [1.165, 1.54) is 30.3 Å². The van der Waals surface area contributed by atoms with Gasteiger partial charge >= 0.3 is 6.36 Å². The van der Waals surface area contributed by atoms with E-state index in [9.17, 15) is 23.1 Å². The summed E-state index contributed by atoms with van der Waals surface area (Å²) in [6.07, 6.45) is -4.47. The lowest BCUT2D eigenvalue weighted by Crippen LogP contribution is -2.47. The molecule has 2 aromatic rings. The number of para-hydroxylation sites is 1. The molecule has 2 atom stereocenters. The largest absolute Gasteiger partial charge is 0.573 e. The van der Waals surface area contributed by atoms with E-state index in [0.717, 1.165) is 0 Å². The fraction of sp³-hybridized carbons (Fsp3) is 0.316. The second-order valence-corrected chi connectivity index (χ2v) is 6.82. The van der Waals surface area contributed by atoms with Crippen LogP contribution in [0.2, 0.25) is 5.02 Å². The SMILES string of the molecule is O=C(Nc1ccc(-c2ccccc2OC(F)(F)F)c(Cl)c1)C1CC(O)CCN1. The first kappa shape index (κ1) is 20.4. The average Bonchev–Trinajstić information content (AvgIpc) is 2.61. The molecule has 0 radical (unpaired) electrons. The van der Waals surface area contributed by atoms with Crippen LogP contribution in [0.15, 0.2) is 42.5 Å². The molecule has 1 aliphatic heterocycles. The van der Waals surface area contributed by atoms with Crippen LogP contribution in [-0.4, -0.2) is 36.1 Å². The number of halogens is 4. The van der Waals surface area contributed by atoms with Crippen molar-refractivity contribution in [3.05, 3.63) is 47.5 Å². The van der Waals surface area contributed by atoms with Gasteiger partial charge in [-0.2, -0.15) is 0 Å². The maximum absolute atomic E-state index is 12.6. The third-order valence-electron chi connectivity index (χ3n) is 4.33. The van der Waals surface area contributed by atoms with Gasteiger partial charge in [-0.1, -0.05) is 35.9 Å². The molecule has 2 aromatic carbocycles. The summed E-state index contributed by atoms with van der Waals surface area (Å²) in [7, 11) is 0. The number of nitrogens with one attached hydrogen (secondary N) is 2. The van der Waals surface area contributed by atoms with Crippen molar-refractivity contribution in [3.63, 3.8) is 0 Å². The summed E-state index contributed by atoms with van der Waals surface area (Å²) in [5.41, 5.74) is 0.917. The summed E-state index contributed by atoms with van der Waals surface area (Å²) in [6, 6.07) is 9.66. The Bertz CT molecular complexity index is 861. The number of ether oxygens (including phenoxy) is 1. The van der Waals surface area contributed by atoms with Crippen LogP contribution in [0.3, 0.4) is 0 Å². The van der Waals surface area contributed by atoms with E-state index in [0.29, 0.717) is 30.6 Å². The summed E-state index contributed by atoms with van der Waals surface area (Å²) in [5.74, 6) is -0.683. The van der Waals surface area contributed by atoms with Gasteiger partial charge in [0.25, 0.3) is 0 Å². The Morgan fingerprint density at radius 2 is 1.96 bits per heavy atom. The second-order valence-electron chi connectivity index (χ2n) is 6.41. The molecule has 0 saturated carbocycles. The zero-order chi connectivity index (χ0) is 20.3. The zero-order valence-corrected chi connectivity index (χ0v) is 15.3. The standard InChI is InChI=1S/C19H18ClF3N2O3/c20-15-9-11(25-18(27)16-10-12(26)7-8-24-16)5-6-13(15)14-3-1-2-4-17(14)28-19(21,22)23/h1-6,9,12,16,24,26H,7-8,10H2,(H,25,27). The van der Waals surface area contributed by atoms with Crippen LogP contribution >= 0.6 is 11.6 Å². The number of carbonyl (C=O) groups excluding carboxylic acids is 1. The molecule has 0 aliphatic carbocycles. The van der Waals surface area contributed by atoms with E-state index >= 15 is 0 Å². The molecule has 1 heterocycles. The van der Waals surface area contributed by atoms with Gasteiger partial charge in [-0.05, 0) is 37.6 Å². The monoisotopic (exact) mass is 414 g/mol. The summed E-state index contributed by atoms with van der Waals surface area (Å²) in [6.45, 7) is 0.537. The van der Waals surface area contributed by atoms with Gasteiger partial charge in [0.1, 0.15) is 5.75 Å². The molecule has 1 saturated heterocycles. The van der Waals surface area contributed by atoms with Crippen LogP contribution in [0, 0.1) is 0 Å². The van der Waals surface area contributed by atoms with Crippen molar-refractivity contribution >= 4 is 23.2 Å². The molecule has 2 unspecified atom stereocenters. The maximum Gasteiger partial charge on any atom is 0.573 e. The smallest absolute Gasteiger partial charge is 0.405 e. The number of anilines is 1. The van der Waals surface area contributed by atoms with Gasteiger partial charge < -0.3 is 20.5 Å². The Labute approximate surface area is 164 Å². The van der Waals surface area contributed by atoms with Gasteiger partial charge in [0.2, 0.25) is 5.91 Å². The van der Waals surface area contributed by atoms with E-state index < -0.39 is 18.5 Å². The average molecular weight is 415 g/mol. The lowest BCUT2D eigenvalue weighted by atomic mass is 10.0. The lowest BCUT2D eigenvalue weighted by molar-refractivity contribution is -0.274. The number of hydrogen-bond acceptors (Lipinski definition) is 4. The molecule has 5 nitrogen and oxygen atoms in total. The number of alkyl halides is 3. The fourth-order valence-corrected chi connectivity index (χ4v) is 3.32. The van der Waals surface area contributed by atoms with Crippen LogP contribution in [0.25, 0.3) is 11.1 Å². The normalized spacial score (nSPS) is 19.9. The predicted octanol–water partition coefficient (Wildman–Crippen LogP) is 3.96. The number of benzene rings is 2. The molecule has 150 valence electrons. The Hall–Kier alpha value is -2.29. The molecule has 3 rings (SSSR count). The number of piperidine rings is 1. The van der Waals surface area contributed by atoms with Gasteiger partial charge in [0, 0.05) is 16.8 Å². The van der Waals surface area contributed by atoms with Crippen LogP contribution in [0.5, 0.6) is 5.75 Å². The van der Waals surface area contributed by atoms with Crippen molar-refractivity contribution in [1.82, 2.24) is 5.32 Å². The topological polar surface area (TPSA) is 70.6 Å². The van der Waals surface area contributed by atoms with Gasteiger partial charge in [-0.3, -0.25) is 4.79 Å². The van der Waals surface area contributed by atoms with Crippen LogP contribution in [0.4, 0.5) is 18.9 Å². The Morgan fingerprint density at radius 1 is 1.21 bits per heavy atom. The third kappa shape index (κ3) is 5.15. The van der Waals surface area contributed by atoms with E-state index in [4.69, 9.17) is 11.6 Å². The lowest BCUT2D eigenvalue weighted by Gasteiger charge is -2.26. The summed E-state index contributed by atoms with van der Waals surface area (Å²) < 4.78 is 41.9. The quantitative estimate of drug-likeness (QED) is 0.708. The molecule has 0 bridgehead atoms. The van der Waals surface area contributed by atoms with Crippen LogP contribution < -0.4 is 15.4 Å². The third-order valence-corrected chi connectivity index (χ3v) is 4.64. The number of rotatable bonds is 4. The number of hydrogen-bond donors (Lipinski definition) is 3. The summed E-state index contributed by atoms with van der Waals surface area (Å²) in [5, 5.41) is 15.6. The first-order valence-corrected chi connectivity index (χ1v) is 8.98. The maximum atomic E-state index is 12.6. The van der Waals surface area contributed by atoms with E-state index in [-0.39, 0.29) is 22.2 Å². The predicted molar refractivity (Wildman–Crippen MR) is 99.2 cm³/mol. The van der Waals surface area contributed by atoms with Crippen molar-refractivity contribution < 1.29 is 27.8 Å². The minimum Gasteiger partial charge on any atom is -0.405 e. The molecule has 28 heavy (non-hydrogen) atoms. The Kier molecular flexibility index (Phi) is 6.12. The van der Waals surface area contributed by atoms with Gasteiger partial charge in [-0.15, -0.1) is 13.2 Å². The molecule has 9 heteroatoms. The van der Waals surface area contributed by atoms with Crippen molar-refractivity contribution in [1.29, 1.82) is 0 Å². The minimum absolute atomic E-state index is 0.160. The van der Waals surface area contributed by atoms with Crippen LogP contribution in [0.1, 0.15) is 12.8 Å². The Morgan fingerprint density at radius 3 is 2.64 bits per heavy atom. The zero-order valence-electron chi connectivity index (χ0n) is 14.6. The highest BCUT2D eigenvalue weighted by Crippen LogP contribution is 2.38. The number of aliphatic hydroxyl groups is 1. The van der Waals surface area contributed by atoms with Gasteiger partial charge in [-0.25, -0.2) is 0 Å². The molecular weight excluding hydrogens is 397 g/mol. The molecular formula is C19H18ClF3N2O3. The first-order chi connectivity index (χ1) is 13.2. The van der Waals surface area contributed by atoms with Crippen molar-refractivity contribution in [3.8, 4) is 16.9 Å². The molecule has 1 fully saturated rings. The van der Waals surface area contributed by atoms with Crippen molar-refractivity contribution in [2.24, 2.45) is 0 Å². The van der Waals surface area contributed by atoms with E-state index in [2.05, 4.69) is 15.4 Å². The molecule has 0 spiro atoms. The summed E-state index contributed by atoms with van der Waals surface area (Å²) >= 11 is 6.26. The highest BCUT2D eigenvalue weighted by molar-refractivity contribution is 6.33. The second kappa shape index (κ2) is 8.38. The summed E-state index contributed by atoms with van der Waals surface area (Å²) in [4.78, 5) is 12.3. The minimum atomic E-state index is -4.83. The molecule has 3 N–H and O–H groups in total. The van der Waals surface area contributed by atoms with Crippen molar-refractivity contribution in [2.75, 3.05) is 11.9 Å². The van der Waals surface area contributed by atoms with Crippen molar-refractivity contribution in [2.45, 2.75) is 31.3 Å². The van der Waals surface area contributed by atoms with E-state index in [1.807, 2.05) is 0 Å². The molecule has 0 aromatic heterocycles. The number of aliphatic hydroxyl groups excluding tert-OH is 1. The Balaban J connectivity index is 1.79. The first-order valence-electron chi connectivity index (χ1n) is 8.60. The van der Waals surface area contributed by atoms with Crippen LogP contribution in [-0.2, 0) is 4.79 Å². The van der Waals surface area contributed by atoms with Gasteiger partial charge in [0.15, 0.2) is 0 Å². The highest BCUT2D eigenvalue weighted by Gasteiger charge is 2.32. The van der Waals surface area contributed by atoms with Gasteiger partial charge in [0.05, 0.1) is 17.2 Å².